The maximum absolute atomic E-state index is 8.74. The molecule has 0 unspecified atom stereocenters. The molecule has 0 bridgehead atoms. The van der Waals surface area contributed by atoms with Crippen molar-refractivity contribution >= 4 is 11.6 Å². The van der Waals surface area contributed by atoms with E-state index < -0.39 is 0 Å². The van der Waals surface area contributed by atoms with E-state index >= 15 is 0 Å². The summed E-state index contributed by atoms with van der Waals surface area (Å²) in [5.74, 6) is 0.629. The second-order valence-electron chi connectivity index (χ2n) is 3.41. The average Bonchev–Trinajstić information content (AvgIpc) is 2.71. The Labute approximate surface area is 98.7 Å². The highest BCUT2D eigenvalue weighted by atomic mass is 35.5. The molecule has 0 aliphatic carbocycles. The van der Waals surface area contributed by atoms with Gasteiger partial charge in [-0.2, -0.15) is 5.26 Å². The number of nitriles is 1. The Morgan fingerprint density at radius 3 is 2.56 bits per heavy atom. The van der Waals surface area contributed by atoms with Gasteiger partial charge in [-0.3, -0.25) is 0 Å². The minimum absolute atomic E-state index is 0.233. The number of H-pyrrole nitrogens is 1. The van der Waals surface area contributed by atoms with Crippen molar-refractivity contribution in [1.82, 2.24) is 9.97 Å². The standard InChI is InChI=1S/C12H10ClN3/c1-2-8-3-5-9(6-4-8)12-15-10(7-14)11(13)16-12/h3-6H,2H2,1H3,(H,15,16). The van der Waals surface area contributed by atoms with Crippen LogP contribution in [-0.2, 0) is 6.42 Å². The molecular formula is C12H10ClN3. The fourth-order valence-electron chi connectivity index (χ4n) is 1.46. The molecule has 1 N–H and O–H groups in total. The third-order valence-electron chi connectivity index (χ3n) is 2.40. The zero-order valence-corrected chi connectivity index (χ0v) is 9.54. The van der Waals surface area contributed by atoms with Crippen LogP contribution in [0.2, 0.25) is 5.15 Å². The lowest BCUT2D eigenvalue weighted by Crippen LogP contribution is -1.83. The van der Waals surface area contributed by atoms with E-state index in [9.17, 15) is 0 Å². The number of imidazole rings is 1. The summed E-state index contributed by atoms with van der Waals surface area (Å²) in [4.78, 5) is 6.99. The third-order valence-corrected chi connectivity index (χ3v) is 2.67. The van der Waals surface area contributed by atoms with Gasteiger partial charge in [-0.05, 0) is 12.0 Å². The van der Waals surface area contributed by atoms with Crippen molar-refractivity contribution < 1.29 is 0 Å². The molecule has 0 saturated heterocycles. The van der Waals surface area contributed by atoms with E-state index in [2.05, 4.69) is 16.9 Å². The number of nitrogens with one attached hydrogen (secondary N) is 1. The SMILES string of the molecule is CCc1ccc(-c2nc(C#N)c(Cl)[nH]2)cc1. The maximum Gasteiger partial charge on any atom is 0.178 e. The molecule has 1 heterocycles. The van der Waals surface area contributed by atoms with Gasteiger partial charge in [-0.25, -0.2) is 4.98 Å². The summed E-state index contributed by atoms with van der Waals surface area (Å²) in [5, 5.41) is 9.03. The Morgan fingerprint density at radius 2 is 2.06 bits per heavy atom. The summed E-state index contributed by atoms with van der Waals surface area (Å²) >= 11 is 5.81. The number of nitrogens with zero attached hydrogens (tertiary/aromatic N) is 2. The van der Waals surface area contributed by atoms with Crippen LogP contribution < -0.4 is 0 Å². The largest absolute Gasteiger partial charge is 0.328 e. The minimum Gasteiger partial charge on any atom is -0.328 e. The van der Waals surface area contributed by atoms with Crippen molar-refractivity contribution in [2.24, 2.45) is 0 Å². The van der Waals surface area contributed by atoms with Crippen molar-refractivity contribution in [3.63, 3.8) is 0 Å². The molecule has 0 aliphatic rings. The average molecular weight is 232 g/mol. The van der Waals surface area contributed by atoms with E-state index in [1.165, 1.54) is 5.56 Å². The lowest BCUT2D eigenvalue weighted by molar-refractivity contribution is 1.14. The molecule has 0 amide bonds. The summed E-state index contributed by atoms with van der Waals surface area (Å²) in [7, 11) is 0. The van der Waals surface area contributed by atoms with E-state index in [4.69, 9.17) is 16.9 Å². The summed E-state index contributed by atoms with van der Waals surface area (Å²) < 4.78 is 0. The fourth-order valence-corrected chi connectivity index (χ4v) is 1.64. The van der Waals surface area contributed by atoms with Crippen LogP contribution in [0.3, 0.4) is 0 Å². The van der Waals surface area contributed by atoms with Gasteiger partial charge in [-0.15, -0.1) is 0 Å². The fraction of sp³-hybridized carbons (Fsp3) is 0.167. The number of aryl methyl sites for hydroxylation is 1. The van der Waals surface area contributed by atoms with Gasteiger partial charge in [0.1, 0.15) is 17.0 Å². The number of hydrogen-bond acceptors (Lipinski definition) is 2. The lowest BCUT2D eigenvalue weighted by atomic mass is 10.1. The van der Waals surface area contributed by atoms with Crippen LogP contribution in [0.25, 0.3) is 11.4 Å². The number of aromatic amines is 1. The van der Waals surface area contributed by atoms with Crippen molar-refractivity contribution in [1.29, 1.82) is 5.26 Å². The molecule has 3 nitrogen and oxygen atoms in total. The maximum atomic E-state index is 8.74. The van der Waals surface area contributed by atoms with E-state index in [1.807, 2.05) is 30.3 Å². The quantitative estimate of drug-likeness (QED) is 0.863. The smallest absolute Gasteiger partial charge is 0.178 e. The zero-order valence-electron chi connectivity index (χ0n) is 8.79. The van der Waals surface area contributed by atoms with Gasteiger partial charge in [0, 0.05) is 5.56 Å². The normalized spacial score (nSPS) is 10.1. The van der Waals surface area contributed by atoms with Gasteiger partial charge in [0.2, 0.25) is 0 Å². The van der Waals surface area contributed by atoms with Crippen molar-refractivity contribution in [3.05, 3.63) is 40.7 Å². The van der Waals surface area contributed by atoms with Crippen LogP contribution >= 0.6 is 11.6 Å². The molecule has 0 radical (unpaired) electrons. The molecule has 4 heteroatoms. The zero-order chi connectivity index (χ0) is 11.5. The number of benzene rings is 1. The van der Waals surface area contributed by atoms with Gasteiger partial charge < -0.3 is 4.98 Å². The first-order valence-corrected chi connectivity index (χ1v) is 5.37. The highest BCUT2D eigenvalue weighted by Crippen LogP contribution is 2.21. The summed E-state index contributed by atoms with van der Waals surface area (Å²) in [6.45, 7) is 2.10. The minimum atomic E-state index is 0.233. The summed E-state index contributed by atoms with van der Waals surface area (Å²) in [6, 6.07) is 9.95. The van der Waals surface area contributed by atoms with E-state index in [1.54, 1.807) is 0 Å². The van der Waals surface area contributed by atoms with Gasteiger partial charge in [-0.1, -0.05) is 42.8 Å². The van der Waals surface area contributed by atoms with Gasteiger partial charge in [0.25, 0.3) is 0 Å². The second kappa shape index (κ2) is 4.38. The van der Waals surface area contributed by atoms with Crippen LogP contribution in [0.15, 0.2) is 24.3 Å². The Balaban J connectivity index is 2.39. The van der Waals surface area contributed by atoms with E-state index in [0.29, 0.717) is 5.82 Å². The van der Waals surface area contributed by atoms with Gasteiger partial charge in [0.05, 0.1) is 0 Å². The predicted molar refractivity (Wildman–Crippen MR) is 63.1 cm³/mol. The molecule has 0 saturated carbocycles. The third kappa shape index (κ3) is 1.93. The van der Waals surface area contributed by atoms with Crippen LogP contribution in [-0.4, -0.2) is 9.97 Å². The van der Waals surface area contributed by atoms with Gasteiger partial charge in [0.15, 0.2) is 5.69 Å². The first kappa shape index (κ1) is 10.7. The molecule has 0 atom stereocenters. The molecule has 2 aromatic rings. The van der Waals surface area contributed by atoms with Crippen LogP contribution in [0, 0.1) is 11.3 Å². The molecule has 2 rings (SSSR count). The molecule has 16 heavy (non-hydrogen) atoms. The Bertz CT molecular complexity index is 534. The predicted octanol–water partition coefficient (Wildman–Crippen LogP) is 3.16. The second-order valence-corrected chi connectivity index (χ2v) is 3.79. The van der Waals surface area contributed by atoms with Crippen molar-refractivity contribution in [3.8, 4) is 17.5 Å². The molecule has 0 fully saturated rings. The Hall–Kier alpha value is -1.79. The van der Waals surface area contributed by atoms with Crippen molar-refractivity contribution in [2.75, 3.05) is 0 Å². The van der Waals surface area contributed by atoms with Crippen molar-refractivity contribution in [2.45, 2.75) is 13.3 Å². The Kier molecular flexibility index (Phi) is 2.93. The highest BCUT2D eigenvalue weighted by Gasteiger charge is 2.08. The number of hydrogen-bond donors (Lipinski definition) is 1. The van der Waals surface area contributed by atoms with Crippen LogP contribution in [0.1, 0.15) is 18.2 Å². The molecule has 1 aromatic heterocycles. The van der Waals surface area contributed by atoms with Crippen LogP contribution in [0.4, 0.5) is 0 Å². The first-order chi connectivity index (χ1) is 7.74. The first-order valence-electron chi connectivity index (χ1n) is 4.99. The number of halogens is 1. The summed E-state index contributed by atoms with van der Waals surface area (Å²) in [6.07, 6.45) is 1.00. The van der Waals surface area contributed by atoms with E-state index in [0.717, 1.165) is 12.0 Å². The highest BCUT2D eigenvalue weighted by molar-refractivity contribution is 6.30. The summed E-state index contributed by atoms with van der Waals surface area (Å²) in [5.41, 5.74) is 2.43. The number of aromatic nitrogens is 2. The number of rotatable bonds is 2. The lowest BCUT2D eigenvalue weighted by Gasteiger charge is -1.98. The molecule has 0 spiro atoms. The Morgan fingerprint density at radius 1 is 1.38 bits per heavy atom. The topological polar surface area (TPSA) is 52.5 Å². The molecule has 80 valence electrons. The molecule has 0 aliphatic heterocycles. The molecule has 1 aromatic carbocycles. The molecular weight excluding hydrogens is 222 g/mol. The van der Waals surface area contributed by atoms with Gasteiger partial charge >= 0.3 is 0 Å². The van der Waals surface area contributed by atoms with E-state index in [-0.39, 0.29) is 10.8 Å². The monoisotopic (exact) mass is 231 g/mol. The van der Waals surface area contributed by atoms with Crippen LogP contribution in [0.5, 0.6) is 0 Å².